The van der Waals surface area contributed by atoms with Crippen molar-refractivity contribution in [3.8, 4) is 16.9 Å². The monoisotopic (exact) mass is 416 g/mol. The standard InChI is InChI=1S/C21H15F3N2O4/c1-2-17(27)25-12-5-8-14-15(9-12)26-16-10-29-20(28)19(16)18(14)11-3-6-13(7-4-11)30-21(22,23)24/h3-9H,2,10H2,1H3,(H,25,27). The number of anilines is 1. The van der Waals surface area contributed by atoms with E-state index in [2.05, 4.69) is 15.0 Å². The van der Waals surface area contributed by atoms with Crippen LogP contribution in [0.4, 0.5) is 18.9 Å². The van der Waals surface area contributed by atoms with Crippen LogP contribution in [0.15, 0.2) is 42.5 Å². The number of aromatic nitrogens is 1. The molecule has 0 saturated heterocycles. The molecular weight excluding hydrogens is 401 g/mol. The summed E-state index contributed by atoms with van der Waals surface area (Å²) in [7, 11) is 0. The fraction of sp³-hybridized carbons (Fsp3) is 0.190. The van der Waals surface area contributed by atoms with Gasteiger partial charge >= 0.3 is 12.3 Å². The van der Waals surface area contributed by atoms with Gasteiger partial charge in [0.15, 0.2) is 0 Å². The maximum absolute atomic E-state index is 12.4. The van der Waals surface area contributed by atoms with Crippen molar-refractivity contribution in [1.29, 1.82) is 0 Å². The molecule has 4 rings (SSSR count). The largest absolute Gasteiger partial charge is 0.573 e. The van der Waals surface area contributed by atoms with Gasteiger partial charge in [0.05, 0.1) is 16.8 Å². The van der Waals surface area contributed by atoms with Gasteiger partial charge in [0.2, 0.25) is 5.91 Å². The molecule has 6 nitrogen and oxygen atoms in total. The van der Waals surface area contributed by atoms with E-state index in [0.29, 0.717) is 39.8 Å². The summed E-state index contributed by atoms with van der Waals surface area (Å²) in [5.74, 6) is -1.07. The van der Waals surface area contributed by atoms with E-state index in [1.165, 1.54) is 24.3 Å². The van der Waals surface area contributed by atoms with Crippen molar-refractivity contribution in [3.63, 3.8) is 0 Å². The number of esters is 1. The lowest BCUT2D eigenvalue weighted by Gasteiger charge is -2.13. The van der Waals surface area contributed by atoms with E-state index in [4.69, 9.17) is 4.74 Å². The minimum Gasteiger partial charge on any atom is -0.455 e. The van der Waals surface area contributed by atoms with Crippen molar-refractivity contribution >= 4 is 28.5 Å². The van der Waals surface area contributed by atoms with Crippen molar-refractivity contribution in [2.75, 3.05) is 5.32 Å². The summed E-state index contributed by atoms with van der Waals surface area (Å²) in [6, 6.07) is 10.3. The van der Waals surface area contributed by atoms with Crippen molar-refractivity contribution in [3.05, 3.63) is 53.7 Å². The lowest BCUT2D eigenvalue weighted by atomic mass is 9.94. The van der Waals surface area contributed by atoms with E-state index in [1.54, 1.807) is 25.1 Å². The van der Waals surface area contributed by atoms with Gasteiger partial charge in [-0.3, -0.25) is 4.79 Å². The Bertz CT molecular complexity index is 1160. The zero-order chi connectivity index (χ0) is 21.5. The number of cyclic esters (lactones) is 1. The molecule has 0 aliphatic carbocycles. The van der Waals surface area contributed by atoms with Crippen LogP contribution >= 0.6 is 0 Å². The third-order valence-corrected chi connectivity index (χ3v) is 4.59. The number of carbonyl (C=O) groups excluding carboxylic acids is 2. The first-order valence-corrected chi connectivity index (χ1v) is 9.05. The molecule has 0 atom stereocenters. The number of hydrogen-bond acceptors (Lipinski definition) is 5. The molecule has 1 amide bonds. The molecule has 0 saturated carbocycles. The predicted octanol–water partition coefficient (Wildman–Crippen LogP) is 4.82. The van der Waals surface area contributed by atoms with Crippen LogP contribution < -0.4 is 10.1 Å². The van der Waals surface area contributed by atoms with E-state index in [9.17, 15) is 22.8 Å². The third kappa shape index (κ3) is 3.78. The summed E-state index contributed by atoms with van der Waals surface area (Å²) in [5, 5.41) is 3.35. The zero-order valence-corrected chi connectivity index (χ0v) is 15.7. The highest BCUT2D eigenvalue weighted by atomic mass is 19.4. The minimum atomic E-state index is -4.80. The summed E-state index contributed by atoms with van der Waals surface area (Å²) in [6.45, 7) is 1.73. The van der Waals surface area contributed by atoms with E-state index in [1.807, 2.05) is 0 Å². The van der Waals surface area contributed by atoms with Crippen molar-refractivity contribution in [1.82, 2.24) is 4.98 Å². The van der Waals surface area contributed by atoms with Gasteiger partial charge < -0.3 is 14.8 Å². The highest BCUT2D eigenvalue weighted by molar-refractivity contribution is 6.09. The molecule has 3 aromatic rings. The normalized spacial score (nSPS) is 13.1. The van der Waals surface area contributed by atoms with Crippen LogP contribution in [0, 0.1) is 0 Å². The van der Waals surface area contributed by atoms with Gasteiger partial charge in [-0.15, -0.1) is 13.2 Å². The summed E-state index contributed by atoms with van der Waals surface area (Å²) in [6.07, 6.45) is -4.48. The fourth-order valence-electron chi connectivity index (χ4n) is 3.30. The average Bonchev–Trinajstić information content (AvgIpc) is 3.06. The van der Waals surface area contributed by atoms with Gasteiger partial charge in [0.1, 0.15) is 12.4 Å². The second-order valence-electron chi connectivity index (χ2n) is 6.59. The summed E-state index contributed by atoms with van der Waals surface area (Å²) < 4.78 is 46.3. The topological polar surface area (TPSA) is 77.5 Å². The van der Waals surface area contributed by atoms with Gasteiger partial charge in [-0.2, -0.15) is 0 Å². The van der Waals surface area contributed by atoms with Gasteiger partial charge in [-0.05, 0) is 29.8 Å². The maximum Gasteiger partial charge on any atom is 0.573 e. The average molecular weight is 416 g/mol. The molecule has 0 bridgehead atoms. The molecule has 1 aromatic heterocycles. The number of hydrogen-bond donors (Lipinski definition) is 1. The number of pyridine rings is 1. The summed E-state index contributed by atoms with van der Waals surface area (Å²) in [5.41, 5.74) is 2.79. The van der Waals surface area contributed by atoms with Gasteiger partial charge in [0.25, 0.3) is 0 Å². The van der Waals surface area contributed by atoms with Crippen LogP contribution in [0.3, 0.4) is 0 Å². The Morgan fingerprint density at radius 2 is 1.90 bits per heavy atom. The molecule has 1 N–H and O–H groups in total. The first-order chi connectivity index (χ1) is 14.2. The Balaban J connectivity index is 1.84. The van der Waals surface area contributed by atoms with E-state index < -0.39 is 12.3 Å². The lowest BCUT2D eigenvalue weighted by Crippen LogP contribution is -2.16. The quantitative estimate of drug-likeness (QED) is 0.617. The SMILES string of the molecule is CCC(=O)Nc1ccc2c(-c3ccc(OC(F)(F)F)cc3)c3c(nc2c1)COC3=O. The molecule has 0 radical (unpaired) electrons. The number of halogens is 3. The van der Waals surface area contributed by atoms with Gasteiger partial charge in [0, 0.05) is 23.1 Å². The van der Waals surface area contributed by atoms with Crippen LogP contribution in [-0.2, 0) is 16.1 Å². The lowest BCUT2D eigenvalue weighted by molar-refractivity contribution is -0.274. The minimum absolute atomic E-state index is 0.00206. The van der Waals surface area contributed by atoms with Gasteiger partial charge in [-0.1, -0.05) is 25.1 Å². The summed E-state index contributed by atoms with van der Waals surface area (Å²) in [4.78, 5) is 28.5. The predicted molar refractivity (Wildman–Crippen MR) is 102 cm³/mol. The molecule has 0 unspecified atom stereocenters. The number of nitrogens with one attached hydrogen (secondary N) is 1. The van der Waals surface area contributed by atoms with Crippen LogP contribution in [0.1, 0.15) is 29.4 Å². The molecule has 154 valence electrons. The molecule has 2 heterocycles. The van der Waals surface area contributed by atoms with Crippen molar-refractivity contribution < 1.29 is 32.2 Å². The number of carbonyl (C=O) groups is 2. The van der Waals surface area contributed by atoms with Crippen LogP contribution in [0.5, 0.6) is 5.75 Å². The third-order valence-electron chi connectivity index (χ3n) is 4.59. The number of alkyl halides is 3. The molecule has 0 spiro atoms. The second kappa shape index (κ2) is 7.33. The Morgan fingerprint density at radius 3 is 2.57 bits per heavy atom. The highest BCUT2D eigenvalue weighted by Gasteiger charge is 2.32. The number of rotatable bonds is 4. The zero-order valence-electron chi connectivity index (χ0n) is 15.7. The van der Waals surface area contributed by atoms with E-state index >= 15 is 0 Å². The number of amides is 1. The Labute approximate surface area is 168 Å². The number of benzene rings is 2. The Morgan fingerprint density at radius 1 is 1.17 bits per heavy atom. The van der Waals surface area contributed by atoms with E-state index in [0.717, 1.165) is 0 Å². The highest BCUT2D eigenvalue weighted by Crippen LogP contribution is 2.38. The fourth-order valence-corrected chi connectivity index (χ4v) is 3.30. The van der Waals surface area contributed by atoms with Crippen molar-refractivity contribution in [2.45, 2.75) is 26.3 Å². The van der Waals surface area contributed by atoms with Crippen molar-refractivity contribution in [2.24, 2.45) is 0 Å². The number of fused-ring (bicyclic) bond motifs is 2. The molecular formula is C21H15F3N2O4. The van der Waals surface area contributed by atoms with Crippen LogP contribution in [-0.4, -0.2) is 23.2 Å². The Hall–Kier alpha value is -3.62. The summed E-state index contributed by atoms with van der Waals surface area (Å²) >= 11 is 0. The van der Waals surface area contributed by atoms with Crippen LogP contribution in [0.25, 0.3) is 22.0 Å². The molecule has 0 fully saturated rings. The van der Waals surface area contributed by atoms with E-state index in [-0.39, 0.29) is 23.8 Å². The molecule has 9 heteroatoms. The maximum atomic E-state index is 12.4. The molecule has 2 aromatic carbocycles. The van der Waals surface area contributed by atoms with Gasteiger partial charge in [-0.25, -0.2) is 9.78 Å². The molecule has 1 aliphatic rings. The Kier molecular flexibility index (Phi) is 4.81. The molecule has 30 heavy (non-hydrogen) atoms. The van der Waals surface area contributed by atoms with Crippen LogP contribution in [0.2, 0.25) is 0 Å². The molecule has 1 aliphatic heterocycles. The second-order valence-corrected chi connectivity index (χ2v) is 6.59. The first kappa shape index (κ1) is 19.7. The number of nitrogens with zero attached hydrogens (tertiary/aromatic N) is 1. The smallest absolute Gasteiger partial charge is 0.455 e. The number of ether oxygens (including phenoxy) is 2. The first-order valence-electron chi connectivity index (χ1n) is 9.05.